The van der Waals surface area contributed by atoms with Crippen molar-refractivity contribution in [3.8, 4) is 11.5 Å². The molecule has 0 radical (unpaired) electrons. The highest BCUT2D eigenvalue weighted by atomic mass is 16.5. The quantitative estimate of drug-likeness (QED) is 0.543. The lowest BCUT2D eigenvalue weighted by Gasteiger charge is -2.26. The Kier molecular flexibility index (Phi) is 8.63. The molecule has 0 atom stereocenters. The van der Waals surface area contributed by atoms with Crippen molar-refractivity contribution in [2.45, 2.75) is 19.4 Å². The highest BCUT2D eigenvalue weighted by molar-refractivity contribution is 5.77. The summed E-state index contributed by atoms with van der Waals surface area (Å²) in [6.07, 6.45) is 1.19. The molecule has 1 heterocycles. The first-order valence-corrected chi connectivity index (χ1v) is 12.1. The molecule has 184 valence electrons. The molecule has 4 rings (SSSR count). The normalized spacial score (nSPS) is 14.3. The molecule has 3 aromatic rings. The lowest BCUT2D eigenvalue weighted by atomic mass is 10.0. The molecule has 0 saturated carbocycles. The molecule has 0 aromatic heterocycles. The zero-order chi connectivity index (χ0) is 24.5. The van der Waals surface area contributed by atoms with Gasteiger partial charge in [-0.1, -0.05) is 54.6 Å². The molecule has 1 aliphatic heterocycles. The van der Waals surface area contributed by atoms with E-state index in [9.17, 15) is 4.79 Å². The van der Waals surface area contributed by atoms with Crippen molar-refractivity contribution in [3.63, 3.8) is 0 Å². The maximum absolute atomic E-state index is 13.3. The van der Waals surface area contributed by atoms with Gasteiger partial charge < -0.3 is 24.0 Å². The summed E-state index contributed by atoms with van der Waals surface area (Å²) >= 11 is 0. The van der Waals surface area contributed by atoms with Gasteiger partial charge in [-0.25, -0.2) is 0 Å². The lowest BCUT2D eigenvalue weighted by Crippen LogP contribution is -2.36. The van der Waals surface area contributed by atoms with E-state index in [0.29, 0.717) is 45.9 Å². The second kappa shape index (κ2) is 12.3. The van der Waals surface area contributed by atoms with Gasteiger partial charge in [-0.3, -0.25) is 4.79 Å². The Hall–Kier alpha value is -3.51. The van der Waals surface area contributed by atoms with E-state index < -0.39 is 0 Å². The van der Waals surface area contributed by atoms with E-state index in [4.69, 9.17) is 14.2 Å². The van der Waals surface area contributed by atoms with E-state index in [-0.39, 0.29) is 5.91 Å². The summed E-state index contributed by atoms with van der Waals surface area (Å²) in [6, 6.07) is 24.5. The number of hydrogen-bond acceptors (Lipinski definition) is 5. The van der Waals surface area contributed by atoms with E-state index in [2.05, 4.69) is 35.2 Å². The second-order valence-corrected chi connectivity index (χ2v) is 8.72. The van der Waals surface area contributed by atoms with Crippen LogP contribution in [-0.2, 0) is 22.5 Å². The number of carbonyl (C=O) groups is 1. The van der Waals surface area contributed by atoms with Gasteiger partial charge in [-0.15, -0.1) is 0 Å². The Morgan fingerprint density at radius 1 is 0.971 bits per heavy atom. The number of benzene rings is 3. The van der Waals surface area contributed by atoms with E-state index in [0.717, 1.165) is 34.7 Å². The molecule has 1 amide bonds. The van der Waals surface area contributed by atoms with Crippen LogP contribution in [-0.4, -0.2) is 57.9 Å². The average Bonchev–Trinajstić information content (AvgIpc) is 2.89. The minimum atomic E-state index is 0.106. The fourth-order valence-corrected chi connectivity index (χ4v) is 4.34. The van der Waals surface area contributed by atoms with Gasteiger partial charge in [0.25, 0.3) is 0 Å². The summed E-state index contributed by atoms with van der Waals surface area (Å²) in [5, 5.41) is 0. The van der Waals surface area contributed by atoms with E-state index in [1.807, 2.05) is 54.4 Å². The highest BCUT2D eigenvalue weighted by Crippen LogP contribution is 2.27. The molecule has 0 N–H and O–H groups in total. The van der Waals surface area contributed by atoms with Gasteiger partial charge in [-0.05, 0) is 34.9 Å². The van der Waals surface area contributed by atoms with Crippen molar-refractivity contribution < 1.29 is 19.0 Å². The third kappa shape index (κ3) is 6.76. The van der Waals surface area contributed by atoms with Crippen LogP contribution in [0.5, 0.6) is 11.5 Å². The minimum absolute atomic E-state index is 0.106. The van der Waals surface area contributed by atoms with Crippen LogP contribution in [0.15, 0.2) is 72.8 Å². The molecule has 0 unspecified atom stereocenters. The number of para-hydroxylation sites is 3. The van der Waals surface area contributed by atoms with Gasteiger partial charge in [0.15, 0.2) is 0 Å². The summed E-state index contributed by atoms with van der Waals surface area (Å²) in [5.41, 5.74) is 4.44. The average molecular weight is 475 g/mol. The molecule has 6 heteroatoms. The van der Waals surface area contributed by atoms with Crippen molar-refractivity contribution in [2.24, 2.45) is 0 Å². The molecule has 0 saturated heterocycles. The van der Waals surface area contributed by atoms with Crippen LogP contribution in [0.1, 0.15) is 23.1 Å². The van der Waals surface area contributed by atoms with Crippen LogP contribution in [0.2, 0.25) is 0 Å². The number of fused-ring (bicyclic) bond motifs is 3. The summed E-state index contributed by atoms with van der Waals surface area (Å²) in [7, 11) is 3.65. The molecular formula is C29H34N2O4. The van der Waals surface area contributed by atoms with Gasteiger partial charge in [0.1, 0.15) is 18.1 Å². The monoisotopic (exact) mass is 474 g/mol. The van der Waals surface area contributed by atoms with Crippen LogP contribution < -0.4 is 14.4 Å². The van der Waals surface area contributed by atoms with Gasteiger partial charge in [-0.2, -0.15) is 0 Å². The summed E-state index contributed by atoms with van der Waals surface area (Å²) in [5.74, 6) is 1.80. The van der Waals surface area contributed by atoms with Gasteiger partial charge in [0.2, 0.25) is 5.91 Å². The number of ether oxygens (including phenoxy) is 3. The van der Waals surface area contributed by atoms with Crippen molar-refractivity contribution >= 4 is 11.6 Å². The molecule has 2 bridgehead atoms. The Morgan fingerprint density at radius 2 is 1.77 bits per heavy atom. The van der Waals surface area contributed by atoms with Crippen molar-refractivity contribution in [3.05, 3.63) is 89.5 Å². The smallest absolute Gasteiger partial charge is 0.224 e. The molecule has 0 fully saturated rings. The zero-order valence-corrected chi connectivity index (χ0v) is 20.6. The van der Waals surface area contributed by atoms with Crippen LogP contribution in [0.3, 0.4) is 0 Å². The Balaban J connectivity index is 1.46. The highest BCUT2D eigenvalue weighted by Gasteiger charge is 2.17. The number of hydrogen-bond donors (Lipinski definition) is 0. The van der Waals surface area contributed by atoms with E-state index in [1.165, 1.54) is 5.56 Å². The summed E-state index contributed by atoms with van der Waals surface area (Å²) in [4.78, 5) is 17.2. The summed E-state index contributed by atoms with van der Waals surface area (Å²) in [6.45, 7) is 3.14. The van der Waals surface area contributed by atoms with Crippen LogP contribution in [0.25, 0.3) is 0 Å². The van der Waals surface area contributed by atoms with E-state index >= 15 is 0 Å². The number of carbonyl (C=O) groups excluding carboxylic acids is 1. The molecule has 35 heavy (non-hydrogen) atoms. The fraction of sp³-hybridized carbons (Fsp3) is 0.345. The van der Waals surface area contributed by atoms with Crippen LogP contribution in [0.4, 0.5) is 5.69 Å². The number of amides is 1. The predicted octanol–water partition coefficient (Wildman–Crippen LogP) is 4.55. The molecule has 3 aromatic carbocycles. The second-order valence-electron chi connectivity index (χ2n) is 8.72. The van der Waals surface area contributed by atoms with Gasteiger partial charge in [0.05, 0.1) is 26.0 Å². The molecule has 0 spiro atoms. The van der Waals surface area contributed by atoms with Gasteiger partial charge >= 0.3 is 0 Å². The third-order valence-corrected chi connectivity index (χ3v) is 6.23. The Morgan fingerprint density at radius 3 is 2.66 bits per heavy atom. The first kappa shape index (κ1) is 24.6. The standard InChI is InChI=1S/C29H34N2O4/c1-30(26-11-4-6-13-28(26)33-2)15-14-29(32)31-16-17-34-18-19-35-27-12-5-3-10-25(27)21-23-8-7-9-24(20-23)22-31/h3-13,20H,14-19,21-22H2,1-2H3. The lowest BCUT2D eigenvalue weighted by molar-refractivity contribution is -0.132. The maximum atomic E-state index is 13.3. The number of methoxy groups -OCH3 is 1. The first-order chi connectivity index (χ1) is 17.1. The third-order valence-electron chi connectivity index (χ3n) is 6.23. The zero-order valence-electron chi connectivity index (χ0n) is 20.6. The maximum Gasteiger partial charge on any atom is 0.224 e. The van der Waals surface area contributed by atoms with Crippen LogP contribution >= 0.6 is 0 Å². The number of rotatable bonds is 5. The van der Waals surface area contributed by atoms with Crippen LogP contribution in [0, 0.1) is 0 Å². The van der Waals surface area contributed by atoms with E-state index in [1.54, 1.807) is 7.11 Å². The number of anilines is 1. The molecule has 1 aliphatic rings. The topological polar surface area (TPSA) is 51.2 Å². The fourth-order valence-electron chi connectivity index (χ4n) is 4.34. The molecule has 0 aliphatic carbocycles. The van der Waals surface area contributed by atoms with Crippen molar-refractivity contribution in [1.82, 2.24) is 4.90 Å². The molecular weight excluding hydrogens is 440 g/mol. The van der Waals surface area contributed by atoms with Crippen molar-refractivity contribution in [1.29, 1.82) is 0 Å². The predicted molar refractivity (Wildman–Crippen MR) is 138 cm³/mol. The summed E-state index contributed by atoms with van der Waals surface area (Å²) < 4.78 is 17.3. The Labute approximate surface area is 208 Å². The largest absolute Gasteiger partial charge is 0.495 e. The SMILES string of the molecule is COc1ccccc1N(C)CCC(=O)N1CCOCCOc2ccccc2Cc2cccc(c2)C1. The molecule has 6 nitrogen and oxygen atoms in total. The minimum Gasteiger partial charge on any atom is -0.495 e. The Bertz CT molecular complexity index is 1120. The van der Waals surface area contributed by atoms with Gasteiger partial charge in [0, 0.05) is 39.5 Å². The first-order valence-electron chi connectivity index (χ1n) is 12.1. The van der Waals surface area contributed by atoms with Crippen molar-refractivity contribution in [2.75, 3.05) is 52.0 Å². The number of nitrogens with zero attached hydrogens (tertiary/aromatic N) is 2.